The molecule has 3 nitrogen and oxygen atoms in total. The second-order valence-electron chi connectivity index (χ2n) is 6.41. The summed E-state index contributed by atoms with van der Waals surface area (Å²) in [7, 11) is 0. The molecule has 0 bridgehead atoms. The zero-order valence-corrected chi connectivity index (χ0v) is 14.6. The van der Waals surface area contributed by atoms with Crippen molar-refractivity contribution in [2.45, 2.75) is 40.7 Å². The Morgan fingerprint density at radius 2 is 1.83 bits per heavy atom. The van der Waals surface area contributed by atoms with E-state index in [9.17, 15) is 4.39 Å². The molecule has 0 saturated carbocycles. The quantitative estimate of drug-likeness (QED) is 0.683. The van der Waals surface area contributed by atoms with E-state index >= 15 is 0 Å². The zero-order chi connectivity index (χ0) is 17.3. The van der Waals surface area contributed by atoms with Crippen LogP contribution in [0.25, 0.3) is 10.9 Å². The molecule has 0 spiro atoms. The van der Waals surface area contributed by atoms with E-state index in [1.165, 1.54) is 11.1 Å². The second-order valence-corrected chi connectivity index (χ2v) is 6.41. The number of fused-ring (bicyclic) bond motifs is 1. The standard InChI is InChI=1S/C20H22FN3/c1-13(2)18(21)12-24-10-7-16-19(23-9-6-20(16)24)11-17-14(3)5-8-22-15(17)4/h5-10H,11-12H2,1-4H3. The molecule has 3 rings (SSSR count). The lowest BCUT2D eigenvalue weighted by Gasteiger charge is -2.10. The highest BCUT2D eigenvalue weighted by molar-refractivity contribution is 5.82. The molecule has 24 heavy (non-hydrogen) atoms. The van der Waals surface area contributed by atoms with E-state index in [0.29, 0.717) is 5.57 Å². The van der Waals surface area contributed by atoms with Gasteiger partial charge in [0.25, 0.3) is 0 Å². The van der Waals surface area contributed by atoms with Gasteiger partial charge in [-0.1, -0.05) is 0 Å². The van der Waals surface area contributed by atoms with Crippen LogP contribution in [-0.4, -0.2) is 14.5 Å². The Morgan fingerprint density at radius 3 is 2.54 bits per heavy atom. The third kappa shape index (κ3) is 3.09. The van der Waals surface area contributed by atoms with Crippen LogP contribution in [0.4, 0.5) is 4.39 Å². The number of pyridine rings is 2. The minimum Gasteiger partial charge on any atom is -0.341 e. The molecule has 0 aliphatic heterocycles. The van der Waals surface area contributed by atoms with Crippen LogP contribution in [0.2, 0.25) is 0 Å². The topological polar surface area (TPSA) is 30.7 Å². The first-order valence-electron chi connectivity index (χ1n) is 8.13. The van der Waals surface area contributed by atoms with E-state index in [0.717, 1.165) is 28.7 Å². The molecule has 0 saturated heterocycles. The molecule has 3 aromatic heterocycles. The molecule has 0 aliphatic rings. The number of halogens is 1. The average Bonchev–Trinajstić information content (AvgIpc) is 2.95. The monoisotopic (exact) mass is 323 g/mol. The third-order valence-corrected chi connectivity index (χ3v) is 4.48. The van der Waals surface area contributed by atoms with Crippen LogP contribution in [0.15, 0.2) is 48.2 Å². The average molecular weight is 323 g/mol. The van der Waals surface area contributed by atoms with Crippen LogP contribution < -0.4 is 0 Å². The molecule has 0 fully saturated rings. The van der Waals surface area contributed by atoms with Crippen molar-refractivity contribution in [3.63, 3.8) is 0 Å². The molecule has 4 heteroatoms. The van der Waals surface area contributed by atoms with Crippen molar-refractivity contribution in [3.8, 4) is 0 Å². The number of rotatable bonds is 4. The van der Waals surface area contributed by atoms with E-state index in [2.05, 4.69) is 16.9 Å². The number of allylic oxidation sites excluding steroid dienone is 2. The second kappa shape index (κ2) is 6.56. The van der Waals surface area contributed by atoms with Crippen LogP contribution in [0.5, 0.6) is 0 Å². The van der Waals surface area contributed by atoms with Crippen molar-refractivity contribution in [3.05, 3.63) is 70.7 Å². The van der Waals surface area contributed by atoms with Gasteiger partial charge in [0, 0.05) is 36.1 Å². The predicted octanol–water partition coefficient (Wildman–Crippen LogP) is 4.90. The number of aromatic nitrogens is 3. The van der Waals surface area contributed by atoms with Gasteiger partial charge in [-0.3, -0.25) is 9.97 Å². The lowest BCUT2D eigenvalue weighted by Crippen LogP contribution is -2.01. The van der Waals surface area contributed by atoms with E-state index < -0.39 is 0 Å². The first-order valence-corrected chi connectivity index (χ1v) is 8.13. The van der Waals surface area contributed by atoms with Gasteiger partial charge in [0.15, 0.2) is 0 Å². The Labute approximate surface area is 141 Å². The molecule has 0 aromatic carbocycles. The molecule has 0 atom stereocenters. The van der Waals surface area contributed by atoms with Gasteiger partial charge >= 0.3 is 0 Å². The fraction of sp³-hybridized carbons (Fsp3) is 0.300. The van der Waals surface area contributed by atoms with Crippen molar-refractivity contribution in [1.82, 2.24) is 14.5 Å². The molecule has 0 N–H and O–H groups in total. The first kappa shape index (κ1) is 16.4. The summed E-state index contributed by atoms with van der Waals surface area (Å²) in [6.45, 7) is 7.97. The van der Waals surface area contributed by atoms with Crippen LogP contribution in [0.3, 0.4) is 0 Å². The minimum absolute atomic E-state index is 0.0928. The number of hydrogen-bond donors (Lipinski definition) is 0. The maximum absolute atomic E-state index is 14.0. The van der Waals surface area contributed by atoms with Gasteiger partial charge in [-0.2, -0.15) is 0 Å². The Kier molecular flexibility index (Phi) is 4.47. The number of nitrogens with zero attached hydrogens (tertiary/aromatic N) is 3. The Balaban J connectivity index is 2.02. The summed E-state index contributed by atoms with van der Waals surface area (Å²) in [5, 5.41) is 1.07. The van der Waals surface area contributed by atoms with E-state index in [4.69, 9.17) is 0 Å². The summed E-state index contributed by atoms with van der Waals surface area (Å²) in [5.74, 6) is -0.0928. The maximum Gasteiger partial charge on any atom is 0.118 e. The van der Waals surface area contributed by atoms with Gasteiger partial charge < -0.3 is 4.57 Å². The normalized spacial score (nSPS) is 11.0. The van der Waals surface area contributed by atoms with E-state index in [-0.39, 0.29) is 12.4 Å². The highest BCUT2D eigenvalue weighted by atomic mass is 19.1. The van der Waals surface area contributed by atoms with Crippen molar-refractivity contribution < 1.29 is 4.39 Å². The lowest BCUT2D eigenvalue weighted by atomic mass is 10.0. The summed E-state index contributed by atoms with van der Waals surface area (Å²) in [6, 6.07) is 5.99. The molecule has 0 amide bonds. The zero-order valence-electron chi connectivity index (χ0n) is 14.6. The molecule has 0 aliphatic carbocycles. The number of hydrogen-bond acceptors (Lipinski definition) is 2. The highest BCUT2D eigenvalue weighted by Gasteiger charge is 2.12. The molecule has 124 valence electrons. The van der Waals surface area contributed by atoms with Crippen molar-refractivity contribution in [1.29, 1.82) is 0 Å². The highest BCUT2D eigenvalue weighted by Crippen LogP contribution is 2.24. The molecule has 0 radical (unpaired) electrons. The smallest absolute Gasteiger partial charge is 0.118 e. The van der Waals surface area contributed by atoms with Gasteiger partial charge in [-0.05, 0) is 62.6 Å². The van der Waals surface area contributed by atoms with E-state index in [1.807, 2.05) is 42.1 Å². The largest absolute Gasteiger partial charge is 0.341 e. The van der Waals surface area contributed by atoms with Crippen molar-refractivity contribution >= 4 is 10.9 Å². The van der Waals surface area contributed by atoms with Gasteiger partial charge in [0.05, 0.1) is 17.8 Å². The SMILES string of the molecule is CC(C)=C(F)Cn1ccc2c(Cc3c(C)ccnc3C)nccc21. The summed E-state index contributed by atoms with van der Waals surface area (Å²) in [5.41, 5.74) is 6.19. The Bertz CT molecular complexity index is 898. The number of aryl methyl sites for hydroxylation is 2. The molecular formula is C20H22FN3. The fourth-order valence-corrected chi connectivity index (χ4v) is 2.93. The Hall–Kier alpha value is -2.49. The summed E-state index contributed by atoms with van der Waals surface area (Å²) < 4.78 is 15.9. The van der Waals surface area contributed by atoms with Crippen LogP contribution in [0, 0.1) is 13.8 Å². The predicted molar refractivity (Wildman–Crippen MR) is 95.7 cm³/mol. The lowest BCUT2D eigenvalue weighted by molar-refractivity contribution is 0.552. The first-order chi connectivity index (χ1) is 11.5. The van der Waals surface area contributed by atoms with Crippen LogP contribution in [-0.2, 0) is 13.0 Å². The third-order valence-electron chi connectivity index (χ3n) is 4.48. The van der Waals surface area contributed by atoms with Gasteiger partial charge in [-0.15, -0.1) is 0 Å². The summed E-state index contributed by atoms with van der Waals surface area (Å²) in [4.78, 5) is 8.96. The molecule has 0 unspecified atom stereocenters. The minimum atomic E-state index is -0.0928. The molecule has 3 heterocycles. The van der Waals surface area contributed by atoms with Gasteiger partial charge in [0.2, 0.25) is 0 Å². The van der Waals surface area contributed by atoms with Crippen LogP contribution >= 0.6 is 0 Å². The van der Waals surface area contributed by atoms with Crippen molar-refractivity contribution in [2.24, 2.45) is 0 Å². The maximum atomic E-state index is 14.0. The Morgan fingerprint density at radius 1 is 1.08 bits per heavy atom. The fourth-order valence-electron chi connectivity index (χ4n) is 2.93. The van der Waals surface area contributed by atoms with Gasteiger partial charge in [-0.25, -0.2) is 4.39 Å². The van der Waals surface area contributed by atoms with Crippen LogP contribution in [0.1, 0.15) is 36.4 Å². The molecule has 3 aromatic rings. The van der Waals surface area contributed by atoms with Crippen molar-refractivity contribution in [2.75, 3.05) is 0 Å². The van der Waals surface area contributed by atoms with Gasteiger partial charge in [0.1, 0.15) is 5.83 Å². The van der Waals surface area contributed by atoms with E-state index in [1.54, 1.807) is 20.0 Å². The molecular weight excluding hydrogens is 301 g/mol. The summed E-state index contributed by atoms with van der Waals surface area (Å²) >= 11 is 0. The summed E-state index contributed by atoms with van der Waals surface area (Å²) in [6.07, 6.45) is 6.30.